The monoisotopic (exact) mass is 426 g/mol. The van der Waals surface area contributed by atoms with E-state index in [1.54, 1.807) is 0 Å². The van der Waals surface area contributed by atoms with Gasteiger partial charge in [0, 0.05) is 38.2 Å². The molecular weight excluding hydrogens is 404 g/mol. The number of rotatable bonds is 12. The molecule has 1 aliphatic rings. The van der Waals surface area contributed by atoms with Crippen molar-refractivity contribution in [2.75, 3.05) is 39.3 Å². The van der Waals surface area contributed by atoms with Crippen LogP contribution in [0.5, 0.6) is 0 Å². The first kappa shape index (κ1) is 24.1. The van der Waals surface area contributed by atoms with Crippen molar-refractivity contribution in [3.8, 4) is 0 Å². The minimum Gasteiger partial charge on any atom is -0.465 e. The average molecular weight is 426 g/mol. The van der Waals surface area contributed by atoms with Crippen molar-refractivity contribution in [1.82, 2.24) is 31.5 Å². The van der Waals surface area contributed by atoms with Crippen LogP contribution < -0.4 is 26.6 Å². The Labute approximate surface area is 170 Å². The van der Waals surface area contributed by atoms with Gasteiger partial charge in [0.25, 0.3) is 11.8 Å². The van der Waals surface area contributed by atoms with E-state index in [9.17, 15) is 33.6 Å². The molecular formula is C16H22N6O8. The fraction of sp³-hybridized carbons (Fsp3) is 0.438. The maximum atomic E-state index is 11.7. The highest BCUT2D eigenvalue weighted by Gasteiger charge is 2.23. The Morgan fingerprint density at radius 3 is 1.63 bits per heavy atom. The van der Waals surface area contributed by atoms with Crippen LogP contribution in [0.4, 0.5) is 4.79 Å². The summed E-state index contributed by atoms with van der Waals surface area (Å²) in [5.74, 6) is -3.43. The fourth-order valence-corrected chi connectivity index (χ4v) is 2.05. The van der Waals surface area contributed by atoms with Crippen LogP contribution in [0.25, 0.3) is 0 Å². The Hall–Kier alpha value is -3.97. The van der Waals surface area contributed by atoms with Gasteiger partial charge in [0.1, 0.15) is 0 Å². The maximum absolute atomic E-state index is 11.7. The molecule has 14 heteroatoms. The molecule has 6 N–H and O–H groups in total. The maximum Gasteiger partial charge on any atom is 0.404 e. The van der Waals surface area contributed by atoms with Crippen LogP contribution in [-0.2, 0) is 28.8 Å². The number of nitrogens with one attached hydrogen (secondary N) is 5. The van der Waals surface area contributed by atoms with Gasteiger partial charge < -0.3 is 31.7 Å². The first-order valence-corrected chi connectivity index (χ1v) is 8.76. The van der Waals surface area contributed by atoms with Crippen LogP contribution in [0, 0.1) is 0 Å². The van der Waals surface area contributed by atoms with Gasteiger partial charge in [-0.25, -0.2) is 4.79 Å². The van der Waals surface area contributed by atoms with E-state index in [2.05, 4.69) is 21.3 Å². The number of hydrogen-bond acceptors (Lipinski definition) is 7. The van der Waals surface area contributed by atoms with E-state index in [1.807, 2.05) is 5.32 Å². The second-order valence-corrected chi connectivity index (χ2v) is 5.82. The summed E-state index contributed by atoms with van der Waals surface area (Å²) < 4.78 is 0. The molecule has 0 fully saturated rings. The van der Waals surface area contributed by atoms with Crippen molar-refractivity contribution < 1.29 is 38.7 Å². The first-order chi connectivity index (χ1) is 14.2. The fourth-order valence-electron chi connectivity index (χ4n) is 2.05. The van der Waals surface area contributed by atoms with Gasteiger partial charge in [-0.1, -0.05) is 0 Å². The summed E-state index contributed by atoms with van der Waals surface area (Å²) in [5.41, 5.74) is 0. The van der Waals surface area contributed by atoms with Crippen LogP contribution in [0.1, 0.15) is 6.42 Å². The Balaban J connectivity index is 2.10. The lowest BCUT2D eigenvalue weighted by Gasteiger charge is -2.13. The Morgan fingerprint density at radius 2 is 1.13 bits per heavy atom. The molecule has 0 saturated carbocycles. The van der Waals surface area contributed by atoms with E-state index < -0.39 is 54.6 Å². The highest BCUT2D eigenvalue weighted by Crippen LogP contribution is 2.03. The lowest BCUT2D eigenvalue weighted by molar-refractivity contribution is -0.137. The molecule has 0 unspecified atom stereocenters. The van der Waals surface area contributed by atoms with E-state index >= 15 is 0 Å². The molecule has 0 aromatic heterocycles. The molecule has 0 radical (unpaired) electrons. The highest BCUT2D eigenvalue weighted by molar-refractivity contribution is 6.13. The number of imide groups is 1. The molecule has 0 aromatic carbocycles. The third-order valence-corrected chi connectivity index (χ3v) is 3.52. The molecule has 1 rings (SSSR count). The molecule has 30 heavy (non-hydrogen) atoms. The average Bonchev–Trinajstić information content (AvgIpc) is 3.02. The normalized spacial score (nSPS) is 12.3. The zero-order valence-corrected chi connectivity index (χ0v) is 15.9. The van der Waals surface area contributed by atoms with E-state index in [4.69, 9.17) is 5.11 Å². The zero-order chi connectivity index (χ0) is 22.5. The topological polar surface area (TPSA) is 203 Å². The number of nitrogens with zero attached hydrogens (tertiary/aromatic N) is 1. The molecule has 0 aromatic rings. The number of carbonyl (C=O) groups excluding carboxylic acids is 6. The van der Waals surface area contributed by atoms with E-state index in [0.29, 0.717) is 0 Å². The number of carbonyl (C=O) groups is 7. The van der Waals surface area contributed by atoms with Crippen LogP contribution >= 0.6 is 0 Å². The molecule has 0 atom stereocenters. The molecule has 1 aliphatic heterocycles. The van der Waals surface area contributed by atoms with Crippen molar-refractivity contribution in [3.63, 3.8) is 0 Å². The Bertz CT molecular complexity index is 732. The predicted molar refractivity (Wildman–Crippen MR) is 98.5 cm³/mol. The summed E-state index contributed by atoms with van der Waals surface area (Å²) in [6.07, 6.45) is 0.792. The van der Waals surface area contributed by atoms with Crippen molar-refractivity contribution in [3.05, 3.63) is 12.2 Å². The van der Waals surface area contributed by atoms with E-state index in [1.165, 1.54) is 0 Å². The summed E-state index contributed by atoms with van der Waals surface area (Å²) in [6.45, 7) is -1.25. The van der Waals surface area contributed by atoms with Gasteiger partial charge in [0.15, 0.2) is 0 Å². The molecule has 0 bridgehead atoms. The smallest absolute Gasteiger partial charge is 0.404 e. The summed E-state index contributed by atoms with van der Waals surface area (Å²) in [6, 6.07) is 0. The van der Waals surface area contributed by atoms with Crippen LogP contribution in [-0.4, -0.2) is 90.8 Å². The summed E-state index contributed by atoms with van der Waals surface area (Å²) >= 11 is 0. The summed E-state index contributed by atoms with van der Waals surface area (Å²) in [4.78, 5) is 80.0. The predicted octanol–water partition coefficient (Wildman–Crippen LogP) is -3.97. The highest BCUT2D eigenvalue weighted by atomic mass is 16.4. The standard InChI is InChI=1S/C16H22N6O8/c23-10(3-6-22-14(27)1-2-15(22)28)19-8-12(25)21-9-13(26)20-7-11(24)17-4-5-18-16(29)30/h1-2,18H,3-9H2,(H,17,24)(H,19,23)(H,20,26)(H,21,25)(H,29,30). The van der Waals surface area contributed by atoms with Crippen LogP contribution in [0.2, 0.25) is 0 Å². The third-order valence-electron chi connectivity index (χ3n) is 3.52. The van der Waals surface area contributed by atoms with Crippen LogP contribution in [0.3, 0.4) is 0 Å². The second kappa shape index (κ2) is 12.5. The molecule has 1 heterocycles. The van der Waals surface area contributed by atoms with Crippen molar-refractivity contribution in [2.24, 2.45) is 0 Å². The number of carboxylic acid groups (broad SMARTS) is 1. The molecule has 7 amide bonds. The number of hydrogen-bond donors (Lipinski definition) is 6. The lowest BCUT2D eigenvalue weighted by atomic mass is 10.3. The SMILES string of the molecule is O=C(O)NCCNC(=O)CNC(=O)CNC(=O)CNC(=O)CCN1C(=O)C=CC1=O. The quantitative estimate of drug-likeness (QED) is 0.134. The van der Waals surface area contributed by atoms with E-state index in [-0.39, 0.29) is 32.6 Å². The Morgan fingerprint density at radius 1 is 0.700 bits per heavy atom. The molecule has 0 spiro atoms. The largest absolute Gasteiger partial charge is 0.465 e. The van der Waals surface area contributed by atoms with Gasteiger partial charge in [-0.2, -0.15) is 0 Å². The number of amides is 7. The molecule has 0 saturated heterocycles. The van der Waals surface area contributed by atoms with E-state index in [0.717, 1.165) is 17.1 Å². The van der Waals surface area contributed by atoms with Gasteiger partial charge in [0.2, 0.25) is 23.6 Å². The summed E-state index contributed by atoms with van der Waals surface area (Å²) in [7, 11) is 0. The zero-order valence-electron chi connectivity index (χ0n) is 15.9. The van der Waals surface area contributed by atoms with Gasteiger partial charge in [-0.05, 0) is 0 Å². The molecule has 0 aliphatic carbocycles. The lowest BCUT2D eigenvalue weighted by Crippen LogP contribution is -2.45. The van der Waals surface area contributed by atoms with Gasteiger partial charge >= 0.3 is 6.09 Å². The minimum atomic E-state index is -1.22. The molecule has 164 valence electrons. The summed E-state index contributed by atoms with van der Waals surface area (Å²) in [5, 5.41) is 19.5. The third kappa shape index (κ3) is 9.82. The van der Waals surface area contributed by atoms with Crippen molar-refractivity contribution in [2.45, 2.75) is 6.42 Å². The van der Waals surface area contributed by atoms with Crippen LogP contribution in [0.15, 0.2) is 12.2 Å². The molecule has 14 nitrogen and oxygen atoms in total. The Kier molecular flexibility index (Phi) is 10.0. The minimum absolute atomic E-state index is 0.0122. The van der Waals surface area contributed by atoms with Crippen molar-refractivity contribution >= 4 is 41.5 Å². The van der Waals surface area contributed by atoms with Gasteiger partial charge in [-0.15, -0.1) is 0 Å². The van der Waals surface area contributed by atoms with Gasteiger partial charge in [0.05, 0.1) is 19.6 Å². The van der Waals surface area contributed by atoms with Crippen molar-refractivity contribution in [1.29, 1.82) is 0 Å². The van der Waals surface area contributed by atoms with Gasteiger partial charge in [-0.3, -0.25) is 33.7 Å². The second-order valence-electron chi connectivity index (χ2n) is 5.82. The first-order valence-electron chi connectivity index (χ1n) is 8.76.